The highest BCUT2D eigenvalue weighted by Crippen LogP contribution is 2.24. The monoisotopic (exact) mass is 243 g/mol. The summed E-state index contributed by atoms with van der Waals surface area (Å²) in [5.41, 5.74) is 4.82. The summed E-state index contributed by atoms with van der Waals surface area (Å²) in [7, 11) is 0. The number of nitrogens with one attached hydrogen (secondary N) is 2. The smallest absolute Gasteiger partial charge is 0.148 e. The van der Waals surface area contributed by atoms with E-state index in [-0.39, 0.29) is 0 Å². The SMILES string of the molecule is Cc1ccc(C)c(-c2cc(NCC(C)C)n[nH]2)c1. The number of aryl methyl sites for hydroxylation is 2. The van der Waals surface area contributed by atoms with Crippen LogP contribution in [0.4, 0.5) is 5.82 Å². The van der Waals surface area contributed by atoms with E-state index < -0.39 is 0 Å². The Bertz CT molecular complexity index is 526. The van der Waals surface area contributed by atoms with Crippen LogP contribution in [-0.2, 0) is 0 Å². The van der Waals surface area contributed by atoms with E-state index in [1.807, 2.05) is 0 Å². The van der Waals surface area contributed by atoms with Gasteiger partial charge in [0.05, 0.1) is 5.69 Å². The lowest BCUT2D eigenvalue weighted by atomic mass is 10.0. The van der Waals surface area contributed by atoms with Gasteiger partial charge in [-0.15, -0.1) is 0 Å². The average molecular weight is 243 g/mol. The maximum atomic E-state index is 4.30. The normalized spacial score (nSPS) is 10.9. The van der Waals surface area contributed by atoms with Gasteiger partial charge in [0.15, 0.2) is 0 Å². The molecule has 96 valence electrons. The summed E-state index contributed by atoms with van der Waals surface area (Å²) in [5.74, 6) is 1.53. The second kappa shape index (κ2) is 5.25. The summed E-state index contributed by atoms with van der Waals surface area (Å²) in [6.45, 7) is 9.54. The van der Waals surface area contributed by atoms with Crippen molar-refractivity contribution in [1.82, 2.24) is 10.2 Å². The molecule has 0 aliphatic heterocycles. The Morgan fingerprint density at radius 3 is 2.72 bits per heavy atom. The molecule has 3 heteroatoms. The van der Waals surface area contributed by atoms with Crippen molar-refractivity contribution in [3.8, 4) is 11.3 Å². The number of anilines is 1. The predicted molar refractivity (Wildman–Crippen MR) is 76.8 cm³/mol. The van der Waals surface area contributed by atoms with E-state index in [9.17, 15) is 0 Å². The average Bonchev–Trinajstić information content (AvgIpc) is 2.78. The fourth-order valence-corrected chi connectivity index (χ4v) is 1.88. The number of nitrogens with zero attached hydrogens (tertiary/aromatic N) is 1. The molecule has 0 fully saturated rings. The first-order chi connectivity index (χ1) is 8.56. The number of aromatic nitrogens is 2. The largest absolute Gasteiger partial charge is 0.368 e. The standard InChI is InChI=1S/C15H21N3/c1-10(2)9-16-15-8-14(17-18-15)13-7-11(3)5-6-12(13)4/h5-8,10H,9H2,1-4H3,(H2,16,17,18). The number of hydrogen-bond acceptors (Lipinski definition) is 2. The molecule has 0 atom stereocenters. The molecule has 1 aromatic heterocycles. The van der Waals surface area contributed by atoms with E-state index in [0.29, 0.717) is 5.92 Å². The van der Waals surface area contributed by atoms with Crippen LogP contribution in [0, 0.1) is 19.8 Å². The molecule has 0 radical (unpaired) electrons. The van der Waals surface area contributed by atoms with Crippen LogP contribution in [-0.4, -0.2) is 16.7 Å². The van der Waals surface area contributed by atoms with Crippen LogP contribution in [0.5, 0.6) is 0 Å². The second-order valence-corrected chi connectivity index (χ2v) is 5.26. The van der Waals surface area contributed by atoms with Crippen molar-refractivity contribution in [2.45, 2.75) is 27.7 Å². The van der Waals surface area contributed by atoms with Gasteiger partial charge in [-0.2, -0.15) is 5.10 Å². The van der Waals surface area contributed by atoms with Gasteiger partial charge < -0.3 is 5.32 Å². The lowest BCUT2D eigenvalue weighted by Gasteiger charge is -2.05. The molecular formula is C15H21N3. The van der Waals surface area contributed by atoms with Gasteiger partial charge in [0.2, 0.25) is 0 Å². The fourth-order valence-electron chi connectivity index (χ4n) is 1.88. The van der Waals surface area contributed by atoms with Crippen molar-refractivity contribution < 1.29 is 0 Å². The summed E-state index contributed by atoms with van der Waals surface area (Å²) in [5, 5.41) is 10.7. The first-order valence-corrected chi connectivity index (χ1v) is 6.43. The van der Waals surface area contributed by atoms with Crippen LogP contribution >= 0.6 is 0 Å². The van der Waals surface area contributed by atoms with Crippen LogP contribution in [0.1, 0.15) is 25.0 Å². The van der Waals surface area contributed by atoms with Crippen molar-refractivity contribution in [3.05, 3.63) is 35.4 Å². The molecule has 0 amide bonds. The quantitative estimate of drug-likeness (QED) is 0.858. The Labute approximate surface area is 109 Å². The number of rotatable bonds is 4. The number of aromatic amines is 1. The summed E-state index contributed by atoms with van der Waals surface area (Å²) in [6.07, 6.45) is 0. The van der Waals surface area contributed by atoms with Crippen molar-refractivity contribution in [2.75, 3.05) is 11.9 Å². The molecule has 2 rings (SSSR count). The van der Waals surface area contributed by atoms with E-state index in [4.69, 9.17) is 0 Å². The molecule has 0 spiro atoms. The van der Waals surface area contributed by atoms with Crippen LogP contribution in [0.2, 0.25) is 0 Å². The van der Waals surface area contributed by atoms with E-state index in [1.165, 1.54) is 16.7 Å². The Balaban J connectivity index is 2.21. The topological polar surface area (TPSA) is 40.7 Å². The minimum atomic E-state index is 0.617. The number of hydrogen-bond donors (Lipinski definition) is 2. The lowest BCUT2D eigenvalue weighted by Crippen LogP contribution is -2.07. The lowest BCUT2D eigenvalue weighted by molar-refractivity contribution is 0.687. The predicted octanol–water partition coefficient (Wildman–Crippen LogP) is 3.76. The maximum Gasteiger partial charge on any atom is 0.148 e. The molecule has 2 N–H and O–H groups in total. The van der Waals surface area contributed by atoms with Crippen molar-refractivity contribution in [2.24, 2.45) is 5.92 Å². The molecule has 1 aromatic carbocycles. The maximum absolute atomic E-state index is 4.30. The van der Waals surface area contributed by atoms with Gasteiger partial charge >= 0.3 is 0 Å². The zero-order valence-electron chi connectivity index (χ0n) is 11.5. The summed E-state index contributed by atoms with van der Waals surface area (Å²) < 4.78 is 0. The number of H-pyrrole nitrogens is 1. The van der Waals surface area contributed by atoms with E-state index in [1.54, 1.807) is 0 Å². The first-order valence-electron chi connectivity index (χ1n) is 6.43. The van der Waals surface area contributed by atoms with Crippen molar-refractivity contribution in [3.63, 3.8) is 0 Å². The van der Waals surface area contributed by atoms with Crippen LogP contribution in [0.25, 0.3) is 11.3 Å². The Kier molecular flexibility index (Phi) is 3.70. The summed E-state index contributed by atoms with van der Waals surface area (Å²) in [4.78, 5) is 0. The molecule has 0 saturated carbocycles. The van der Waals surface area contributed by atoms with Gasteiger partial charge in [0, 0.05) is 18.2 Å². The summed E-state index contributed by atoms with van der Waals surface area (Å²) >= 11 is 0. The van der Waals surface area contributed by atoms with E-state index in [0.717, 1.165) is 18.1 Å². The molecule has 0 unspecified atom stereocenters. The van der Waals surface area contributed by atoms with Gasteiger partial charge in [0.1, 0.15) is 5.82 Å². The fraction of sp³-hybridized carbons (Fsp3) is 0.400. The van der Waals surface area contributed by atoms with Crippen molar-refractivity contribution in [1.29, 1.82) is 0 Å². The molecule has 0 aliphatic rings. The van der Waals surface area contributed by atoms with Gasteiger partial charge in [0.25, 0.3) is 0 Å². The second-order valence-electron chi connectivity index (χ2n) is 5.26. The van der Waals surface area contributed by atoms with Crippen LogP contribution in [0.3, 0.4) is 0 Å². The molecule has 18 heavy (non-hydrogen) atoms. The zero-order chi connectivity index (χ0) is 13.1. The third kappa shape index (κ3) is 2.92. The molecule has 3 nitrogen and oxygen atoms in total. The van der Waals surface area contributed by atoms with E-state index in [2.05, 4.69) is 67.5 Å². The first kappa shape index (κ1) is 12.7. The van der Waals surface area contributed by atoms with Crippen LogP contribution < -0.4 is 5.32 Å². The summed E-state index contributed by atoms with van der Waals surface area (Å²) in [6, 6.07) is 8.54. The van der Waals surface area contributed by atoms with Crippen molar-refractivity contribution >= 4 is 5.82 Å². The molecule has 2 aromatic rings. The molecule has 0 saturated heterocycles. The van der Waals surface area contributed by atoms with Crippen LogP contribution in [0.15, 0.2) is 24.3 Å². The minimum Gasteiger partial charge on any atom is -0.368 e. The Hall–Kier alpha value is -1.77. The van der Waals surface area contributed by atoms with Gasteiger partial charge in [-0.3, -0.25) is 5.10 Å². The highest BCUT2D eigenvalue weighted by atomic mass is 15.2. The zero-order valence-corrected chi connectivity index (χ0v) is 11.5. The van der Waals surface area contributed by atoms with E-state index >= 15 is 0 Å². The molecular weight excluding hydrogens is 222 g/mol. The molecule has 1 heterocycles. The van der Waals surface area contributed by atoms with Gasteiger partial charge in [-0.1, -0.05) is 31.5 Å². The van der Waals surface area contributed by atoms with Gasteiger partial charge in [-0.05, 0) is 31.4 Å². The molecule has 0 aliphatic carbocycles. The third-order valence-electron chi connectivity index (χ3n) is 2.95. The Morgan fingerprint density at radius 2 is 2.00 bits per heavy atom. The third-order valence-corrected chi connectivity index (χ3v) is 2.95. The number of benzene rings is 1. The molecule has 0 bridgehead atoms. The minimum absolute atomic E-state index is 0.617. The van der Waals surface area contributed by atoms with Gasteiger partial charge in [-0.25, -0.2) is 0 Å². The highest BCUT2D eigenvalue weighted by molar-refractivity contribution is 5.66. The Morgan fingerprint density at radius 1 is 1.22 bits per heavy atom. The highest BCUT2D eigenvalue weighted by Gasteiger charge is 2.06.